The Labute approximate surface area is 217 Å². The average Bonchev–Trinajstić information content (AvgIpc) is 2.81. The van der Waals surface area contributed by atoms with E-state index < -0.39 is 0 Å². The summed E-state index contributed by atoms with van der Waals surface area (Å²) in [6.07, 6.45) is 23.1. The van der Waals surface area contributed by atoms with Crippen molar-refractivity contribution in [3.05, 3.63) is 28.8 Å². The Bertz CT molecular complexity index is 690. The van der Waals surface area contributed by atoms with Gasteiger partial charge in [0, 0.05) is 13.0 Å². The van der Waals surface area contributed by atoms with E-state index in [1.165, 1.54) is 96.3 Å². The van der Waals surface area contributed by atoms with E-state index in [1.807, 2.05) is 13.0 Å². The van der Waals surface area contributed by atoms with E-state index in [1.54, 1.807) is 0 Å². The topological polar surface area (TPSA) is 49.3 Å². The Kier molecular flexibility index (Phi) is 16.9. The molecule has 0 unspecified atom stereocenters. The predicted octanol–water partition coefficient (Wildman–Crippen LogP) is 9.31. The third kappa shape index (κ3) is 15.3. The number of rotatable bonds is 20. The second kappa shape index (κ2) is 18.7. The number of carbonyl (C=O) groups is 1. The first-order valence-corrected chi connectivity index (χ1v) is 14.9. The van der Waals surface area contributed by atoms with Crippen LogP contribution in [0.1, 0.15) is 154 Å². The van der Waals surface area contributed by atoms with Crippen molar-refractivity contribution in [1.82, 2.24) is 5.32 Å². The lowest BCUT2D eigenvalue weighted by Crippen LogP contribution is -2.24. The number of benzene rings is 1. The van der Waals surface area contributed by atoms with Gasteiger partial charge < -0.3 is 10.4 Å². The SMILES string of the molecule is CCCCCCCCCCCCCCCCCCNC(=O)CCc1cc(C)c(O)c(C(C)(C)C)c1. The highest BCUT2D eigenvalue weighted by molar-refractivity contribution is 5.76. The molecule has 0 heterocycles. The first kappa shape index (κ1) is 31.5. The number of amides is 1. The molecule has 0 aliphatic rings. The molecule has 0 bridgehead atoms. The summed E-state index contributed by atoms with van der Waals surface area (Å²) in [6, 6.07) is 4.07. The normalized spacial score (nSPS) is 11.7. The molecule has 1 aromatic rings. The van der Waals surface area contributed by atoms with Crippen LogP contribution in [0.25, 0.3) is 0 Å². The summed E-state index contributed by atoms with van der Waals surface area (Å²) in [5, 5.41) is 13.5. The van der Waals surface area contributed by atoms with Crippen molar-refractivity contribution in [2.75, 3.05) is 6.54 Å². The van der Waals surface area contributed by atoms with Gasteiger partial charge in [0.1, 0.15) is 5.75 Å². The van der Waals surface area contributed by atoms with Gasteiger partial charge in [0.05, 0.1) is 0 Å². The van der Waals surface area contributed by atoms with Crippen LogP contribution in [0.3, 0.4) is 0 Å². The fourth-order valence-electron chi connectivity index (χ4n) is 4.82. The molecule has 0 fully saturated rings. The van der Waals surface area contributed by atoms with E-state index in [-0.39, 0.29) is 11.3 Å². The second-order valence-corrected chi connectivity index (χ2v) is 11.7. The molecule has 0 atom stereocenters. The number of unbranched alkanes of at least 4 members (excludes halogenated alkanes) is 15. The quantitative estimate of drug-likeness (QED) is 0.180. The zero-order valence-electron chi connectivity index (χ0n) is 23.9. The summed E-state index contributed by atoms with van der Waals surface area (Å²) < 4.78 is 0. The average molecular weight is 488 g/mol. The zero-order chi connectivity index (χ0) is 25.9. The van der Waals surface area contributed by atoms with Crippen molar-refractivity contribution >= 4 is 5.91 Å². The van der Waals surface area contributed by atoms with Crippen LogP contribution in [-0.2, 0) is 16.6 Å². The highest BCUT2D eigenvalue weighted by Gasteiger charge is 2.20. The van der Waals surface area contributed by atoms with Gasteiger partial charge in [-0.25, -0.2) is 0 Å². The Morgan fingerprint density at radius 1 is 0.771 bits per heavy atom. The standard InChI is InChI=1S/C32H57NO2/c1-6-7-8-9-10-11-12-13-14-15-16-17-18-19-20-21-24-33-30(34)23-22-28-25-27(2)31(35)29(26-28)32(3,4)5/h25-26,35H,6-24H2,1-5H3,(H,33,34). The molecule has 202 valence electrons. The molecule has 1 aromatic carbocycles. The van der Waals surface area contributed by atoms with Gasteiger partial charge in [-0.05, 0) is 41.9 Å². The summed E-state index contributed by atoms with van der Waals surface area (Å²) in [7, 11) is 0. The maximum atomic E-state index is 12.2. The molecule has 0 aromatic heterocycles. The Morgan fingerprint density at radius 3 is 1.69 bits per heavy atom. The zero-order valence-corrected chi connectivity index (χ0v) is 23.9. The summed E-state index contributed by atoms with van der Waals surface area (Å²) in [5.41, 5.74) is 2.87. The maximum Gasteiger partial charge on any atom is 0.220 e. The van der Waals surface area contributed by atoms with E-state index in [9.17, 15) is 9.90 Å². The lowest BCUT2D eigenvalue weighted by atomic mass is 9.83. The molecule has 0 spiro atoms. The Balaban J connectivity index is 1.98. The number of phenolic OH excluding ortho intramolecular Hbond substituents is 1. The van der Waals surface area contributed by atoms with E-state index in [0.717, 1.165) is 36.1 Å². The molecule has 1 rings (SSSR count). The summed E-state index contributed by atoms with van der Waals surface area (Å²) in [4.78, 5) is 12.2. The first-order valence-electron chi connectivity index (χ1n) is 14.9. The number of hydrogen-bond acceptors (Lipinski definition) is 2. The van der Waals surface area contributed by atoms with Crippen molar-refractivity contribution < 1.29 is 9.90 Å². The molecule has 3 heteroatoms. The summed E-state index contributed by atoms with van der Waals surface area (Å²) in [6.45, 7) is 11.3. The minimum atomic E-state index is -0.111. The van der Waals surface area contributed by atoms with E-state index in [4.69, 9.17) is 0 Å². The molecule has 35 heavy (non-hydrogen) atoms. The number of nitrogens with one attached hydrogen (secondary N) is 1. The Morgan fingerprint density at radius 2 is 1.23 bits per heavy atom. The highest BCUT2D eigenvalue weighted by Crippen LogP contribution is 2.34. The molecule has 1 amide bonds. The van der Waals surface area contributed by atoms with Crippen molar-refractivity contribution in [1.29, 1.82) is 0 Å². The van der Waals surface area contributed by atoms with Gasteiger partial charge >= 0.3 is 0 Å². The largest absolute Gasteiger partial charge is 0.507 e. The van der Waals surface area contributed by atoms with E-state index in [2.05, 4.69) is 39.1 Å². The minimum Gasteiger partial charge on any atom is -0.507 e. The summed E-state index contributed by atoms with van der Waals surface area (Å²) in [5.74, 6) is 0.517. The molecular weight excluding hydrogens is 430 g/mol. The van der Waals surface area contributed by atoms with Crippen LogP contribution in [0.2, 0.25) is 0 Å². The van der Waals surface area contributed by atoms with Crippen LogP contribution in [0.4, 0.5) is 0 Å². The number of aryl methyl sites for hydroxylation is 2. The van der Waals surface area contributed by atoms with Crippen LogP contribution in [0, 0.1) is 6.92 Å². The smallest absolute Gasteiger partial charge is 0.220 e. The lowest BCUT2D eigenvalue weighted by molar-refractivity contribution is -0.121. The molecule has 3 nitrogen and oxygen atoms in total. The summed E-state index contributed by atoms with van der Waals surface area (Å²) >= 11 is 0. The minimum absolute atomic E-state index is 0.111. The monoisotopic (exact) mass is 487 g/mol. The van der Waals surface area contributed by atoms with Crippen molar-refractivity contribution in [3.8, 4) is 5.75 Å². The van der Waals surface area contributed by atoms with Gasteiger partial charge in [-0.2, -0.15) is 0 Å². The number of aromatic hydroxyl groups is 1. The molecule has 0 saturated heterocycles. The van der Waals surface area contributed by atoms with Gasteiger partial charge in [-0.3, -0.25) is 4.79 Å². The van der Waals surface area contributed by atoms with Crippen LogP contribution >= 0.6 is 0 Å². The third-order valence-electron chi connectivity index (χ3n) is 7.16. The van der Waals surface area contributed by atoms with Gasteiger partial charge in [0.25, 0.3) is 0 Å². The second-order valence-electron chi connectivity index (χ2n) is 11.7. The van der Waals surface area contributed by atoms with Gasteiger partial charge in [0.15, 0.2) is 0 Å². The van der Waals surface area contributed by atoms with Crippen LogP contribution in [0.5, 0.6) is 5.75 Å². The number of hydrogen-bond donors (Lipinski definition) is 2. The van der Waals surface area contributed by atoms with Crippen molar-refractivity contribution in [2.45, 2.75) is 156 Å². The van der Waals surface area contributed by atoms with Gasteiger partial charge in [-0.15, -0.1) is 0 Å². The predicted molar refractivity (Wildman–Crippen MR) is 152 cm³/mol. The fourth-order valence-corrected chi connectivity index (χ4v) is 4.82. The Hall–Kier alpha value is -1.51. The highest BCUT2D eigenvalue weighted by atomic mass is 16.3. The van der Waals surface area contributed by atoms with Crippen molar-refractivity contribution in [2.24, 2.45) is 0 Å². The van der Waals surface area contributed by atoms with Crippen molar-refractivity contribution in [3.63, 3.8) is 0 Å². The van der Waals surface area contributed by atoms with E-state index >= 15 is 0 Å². The maximum absolute atomic E-state index is 12.2. The van der Waals surface area contributed by atoms with Crippen LogP contribution in [-0.4, -0.2) is 17.6 Å². The number of carbonyl (C=O) groups excluding carboxylic acids is 1. The molecule has 0 aliphatic carbocycles. The first-order chi connectivity index (χ1) is 16.8. The molecule has 0 aliphatic heterocycles. The van der Waals surface area contributed by atoms with Crippen LogP contribution < -0.4 is 5.32 Å². The fraction of sp³-hybridized carbons (Fsp3) is 0.781. The molecule has 0 saturated carbocycles. The third-order valence-corrected chi connectivity index (χ3v) is 7.16. The van der Waals surface area contributed by atoms with E-state index in [0.29, 0.717) is 12.2 Å². The lowest BCUT2D eigenvalue weighted by Gasteiger charge is -2.22. The molecule has 2 N–H and O–H groups in total. The van der Waals surface area contributed by atoms with Gasteiger partial charge in [0.2, 0.25) is 5.91 Å². The molecule has 0 radical (unpaired) electrons. The number of phenols is 1. The molecular formula is C32H57NO2. The van der Waals surface area contributed by atoms with Gasteiger partial charge in [-0.1, -0.05) is 136 Å². The van der Waals surface area contributed by atoms with Crippen LogP contribution in [0.15, 0.2) is 12.1 Å².